The highest BCUT2D eigenvalue weighted by atomic mass is 16.4. The van der Waals surface area contributed by atoms with Gasteiger partial charge < -0.3 is 10.8 Å². The Labute approximate surface area is 49.5 Å². The highest BCUT2D eigenvalue weighted by molar-refractivity contribution is 5.67. The van der Waals surface area contributed by atoms with Crippen molar-refractivity contribution in [1.82, 2.24) is 0 Å². The van der Waals surface area contributed by atoms with Gasteiger partial charge in [0, 0.05) is 6.42 Å². The minimum absolute atomic E-state index is 0.0278. The molecule has 0 heterocycles. The first-order valence-corrected chi connectivity index (χ1v) is 2.40. The summed E-state index contributed by atoms with van der Waals surface area (Å²) in [6, 6.07) is 0. The molecule has 0 aliphatic carbocycles. The maximum absolute atomic E-state index is 9.31. The van der Waals surface area contributed by atoms with Crippen molar-refractivity contribution in [1.29, 1.82) is 0 Å². The highest BCUT2D eigenvalue weighted by Crippen LogP contribution is 1.66. The lowest BCUT2D eigenvalue weighted by atomic mass is 10.5. The van der Waals surface area contributed by atoms with Crippen LogP contribution in [0.4, 0.5) is 0 Å². The van der Waals surface area contributed by atoms with E-state index in [2.05, 4.69) is 6.92 Å². The van der Waals surface area contributed by atoms with Crippen LogP contribution in [0.15, 0.2) is 0 Å². The summed E-state index contributed by atoms with van der Waals surface area (Å²) in [4.78, 5) is 9.31. The van der Waals surface area contributed by atoms with Gasteiger partial charge in [-0.3, -0.25) is 4.79 Å². The molecule has 0 saturated carbocycles. The first-order chi connectivity index (χ1) is 3.68. The summed E-state index contributed by atoms with van der Waals surface area (Å²) in [5.41, 5.74) is 4.85. The Bertz CT molecular complexity index is 54.4. The van der Waals surface area contributed by atoms with E-state index in [9.17, 15) is 4.79 Å². The van der Waals surface area contributed by atoms with Gasteiger partial charge in [0.2, 0.25) is 0 Å². The molecule has 0 spiro atoms. The van der Waals surface area contributed by atoms with Crippen LogP contribution in [0.5, 0.6) is 0 Å². The maximum Gasteiger partial charge on any atom is 0.303 e. The standard InChI is InChI=1S/C3H5O2.C2H7N/c1-2-3(4)5;1-2-3/h1-2H2,(H,4,5);2-3H2,1H3. The van der Waals surface area contributed by atoms with Crippen LogP contribution in [0.1, 0.15) is 13.3 Å². The predicted octanol–water partition coefficient (Wildman–Crippen LogP) is 0.260. The molecule has 0 aromatic carbocycles. The summed E-state index contributed by atoms with van der Waals surface area (Å²) < 4.78 is 0. The molecule has 1 radical (unpaired) electrons. The van der Waals surface area contributed by atoms with Gasteiger partial charge in [-0.1, -0.05) is 6.92 Å². The fourth-order valence-corrected chi connectivity index (χ4v) is 0. The van der Waals surface area contributed by atoms with Crippen molar-refractivity contribution in [3.05, 3.63) is 6.92 Å². The Balaban J connectivity index is 0. The number of aliphatic carboxylic acids is 1. The smallest absolute Gasteiger partial charge is 0.303 e. The van der Waals surface area contributed by atoms with Crippen molar-refractivity contribution in [2.75, 3.05) is 6.54 Å². The normalized spacial score (nSPS) is 6.88. The molecule has 0 rings (SSSR count). The Morgan fingerprint density at radius 3 is 2.00 bits per heavy atom. The van der Waals surface area contributed by atoms with Crippen LogP contribution in [0.25, 0.3) is 0 Å². The van der Waals surface area contributed by atoms with E-state index in [1.807, 2.05) is 6.92 Å². The van der Waals surface area contributed by atoms with Gasteiger partial charge in [0.25, 0.3) is 0 Å². The van der Waals surface area contributed by atoms with Crippen LogP contribution in [0.3, 0.4) is 0 Å². The van der Waals surface area contributed by atoms with Gasteiger partial charge >= 0.3 is 5.97 Å². The lowest BCUT2D eigenvalue weighted by Crippen LogP contribution is -1.87. The van der Waals surface area contributed by atoms with Gasteiger partial charge in [0.05, 0.1) is 0 Å². The summed E-state index contributed by atoms with van der Waals surface area (Å²) in [6.45, 7) is 5.74. The molecule has 0 fully saturated rings. The molecule has 0 saturated heterocycles. The van der Waals surface area contributed by atoms with Crippen molar-refractivity contribution in [3.8, 4) is 0 Å². The lowest BCUT2D eigenvalue weighted by Gasteiger charge is -1.71. The third-order valence-corrected chi connectivity index (χ3v) is 0.214. The summed E-state index contributed by atoms with van der Waals surface area (Å²) in [7, 11) is 0. The Morgan fingerprint density at radius 2 is 2.00 bits per heavy atom. The summed E-state index contributed by atoms with van der Waals surface area (Å²) >= 11 is 0. The van der Waals surface area contributed by atoms with Crippen LogP contribution in [0.2, 0.25) is 0 Å². The largest absolute Gasteiger partial charge is 0.481 e. The number of carboxylic acid groups (broad SMARTS) is 1. The molecular weight excluding hydrogens is 106 g/mol. The van der Waals surface area contributed by atoms with Crippen molar-refractivity contribution in [2.24, 2.45) is 5.73 Å². The number of carboxylic acids is 1. The van der Waals surface area contributed by atoms with E-state index in [0.717, 1.165) is 6.54 Å². The van der Waals surface area contributed by atoms with E-state index in [1.165, 1.54) is 0 Å². The van der Waals surface area contributed by atoms with Gasteiger partial charge in [0.1, 0.15) is 0 Å². The summed E-state index contributed by atoms with van der Waals surface area (Å²) in [5, 5.41) is 7.66. The van der Waals surface area contributed by atoms with Crippen molar-refractivity contribution in [3.63, 3.8) is 0 Å². The van der Waals surface area contributed by atoms with Crippen molar-refractivity contribution < 1.29 is 9.90 Å². The number of rotatable bonds is 1. The summed E-state index contributed by atoms with van der Waals surface area (Å²) in [6.07, 6.45) is -0.0278. The molecule has 3 nitrogen and oxygen atoms in total. The topological polar surface area (TPSA) is 63.3 Å². The Morgan fingerprint density at radius 1 is 1.88 bits per heavy atom. The molecule has 0 unspecified atom stereocenters. The van der Waals surface area contributed by atoms with E-state index in [0.29, 0.717) is 0 Å². The molecular formula is C5H12NO2. The number of nitrogens with two attached hydrogens (primary N) is 1. The molecule has 0 aliphatic rings. The van der Waals surface area contributed by atoms with E-state index < -0.39 is 5.97 Å². The number of hydrogen-bond acceptors (Lipinski definition) is 2. The van der Waals surface area contributed by atoms with Crippen LogP contribution in [-0.4, -0.2) is 17.6 Å². The number of hydrogen-bond donors (Lipinski definition) is 2. The lowest BCUT2D eigenvalue weighted by molar-refractivity contribution is -0.136. The Hall–Kier alpha value is -0.570. The molecule has 0 aromatic heterocycles. The highest BCUT2D eigenvalue weighted by Gasteiger charge is 1.81. The van der Waals surface area contributed by atoms with Gasteiger partial charge in [-0.25, -0.2) is 0 Å². The first kappa shape index (κ1) is 10.4. The molecule has 3 heteroatoms. The third kappa shape index (κ3) is 52.1. The van der Waals surface area contributed by atoms with Crippen molar-refractivity contribution in [2.45, 2.75) is 13.3 Å². The van der Waals surface area contributed by atoms with Gasteiger partial charge in [-0.2, -0.15) is 0 Å². The Kier molecular flexibility index (Phi) is 12.6. The van der Waals surface area contributed by atoms with Crippen LogP contribution in [-0.2, 0) is 4.79 Å². The van der Waals surface area contributed by atoms with Gasteiger partial charge in [-0.15, -0.1) is 0 Å². The van der Waals surface area contributed by atoms with Crippen molar-refractivity contribution >= 4 is 5.97 Å². The molecule has 0 atom stereocenters. The monoisotopic (exact) mass is 118 g/mol. The molecule has 0 aliphatic heterocycles. The van der Waals surface area contributed by atoms with Crippen LogP contribution >= 0.6 is 0 Å². The van der Waals surface area contributed by atoms with Gasteiger partial charge in [-0.05, 0) is 13.5 Å². The molecule has 49 valence electrons. The third-order valence-electron chi connectivity index (χ3n) is 0.214. The second kappa shape index (κ2) is 9.66. The van der Waals surface area contributed by atoms with E-state index in [-0.39, 0.29) is 6.42 Å². The molecule has 0 bridgehead atoms. The predicted molar refractivity (Wildman–Crippen MR) is 32.3 cm³/mol. The summed E-state index contributed by atoms with van der Waals surface area (Å²) in [5.74, 6) is -0.856. The zero-order chi connectivity index (χ0) is 6.99. The molecule has 8 heavy (non-hydrogen) atoms. The number of carbonyl (C=O) groups is 1. The average Bonchev–Trinajstić information content (AvgIpc) is 1.69. The average molecular weight is 118 g/mol. The molecule has 3 N–H and O–H groups in total. The molecule has 0 aromatic rings. The quantitative estimate of drug-likeness (QED) is 0.519. The zero-order valence-corrected chi connectivity index (χ0v) is 5.05. The fraction of sp³-hybridized carbons (Fsp3) is 0.600. The van der Waals surface area contributed by atoms with E-state index in [1.54, 1.807) is 0 Å². The second-order valence-corrected chi connectivity index (χ2v) is 1.05. The minimum Gasteiger partial charge on any atom is -0.481 e. The maximum atomic E-state index is 9.31. The van der Waals surface area contributed by atoms with Crippen LogP contribution in [0, 0.1) is 6.92 Å². The van der Waals surface area contributed by atoms with E-state index >= 15 is 0 Å². The second-order valence-electron chi connectivity index (χ2n) is 1.05. The minimum atomic E-state index is -0.856. The SMILES string of the molecule is CCN.[CH2]CC(=O)O. The molecule has 0 amide bonds. The van der Waals surface area contributed by atoms with Gasteiger partial charge in [0.15, 0.2) is 0 Å². The zero-order valence-electron chi connectivity index (χ0n) is 5.05. The van der Waals surface area contributed by atoms with E-state index in [4.69, 9.17) is 10.8 Å². The van der Waals surface area contributed by atoms with Crippen LogP contribution < -0.4 is 5.73 Å². The first-order valence-electron chi connectivity index (χ1n) is 2.40. The fourth-order valence-electron chi connectivity index (χ4n) is 0.